The second-order valence-electron chi connectivity index (χ2n) is 8.52. The Morgan fingerprint density at radius 2 is 2.06 bits per heavy atom. The maximum Gasteiger partial charge on any atom is 0.281 e. The van der Waals surface area contributed by atoms with Crippen LogP contribution in [0.3, 0.4) is 0 Å². The number of hydrogen-bond acceptors (Lipinski definition) is 6. The number of imidazole rings is 1. The number of rotatable bonds is 6. The Morgan fingerprint density at radius 1 is 1.25 bits per heavy atom. The topological polar surface area (TPSA) is 75.0 Å². The van der Waals surface area contributed by atoms with Crippen molar-refractivity contribution >= 4 is 35.2 Å². The molecule has 3 aliphatic rings. The third-order valence-corrected chi connectivity index (χ3v) is 6.82. The van der Waals surface area contributed by atoms with Gasteiger partial charge in [-0.25, -0.2) is 0 Å². The first-order chi connectivity index (χ1) is 15.6. The first kappa shape index (κ1) is 21.1. The number of fused-ring (bicyclic) bond motifs is 3. The molecule has 1 N–H and O–H groups in total. The van der Waals surface area contributed by atoms with Crippen molar-refractivity contribution in [1.82, 2.24) is 14.5 Å². The third kappa shape index (κ3) is 3.60. The average molecular weight is 457 g/mol. The van der Waals surface area contributed by atoms with Gasteiger partial charge in [-0.2, -0.15) is 4.98 Å². The molecule has 1 aromatic heterocycles. The zero-order valence-electron chi connectivity index (χ0n) is 18.6. The molecule has 32 heavy (non-hydrogen) atoms. The Kier molecular flexibility index (Phi) is 5.71. The van der Waals surface area contributed by atoms with Crippen LogP contribution in [0.5, 0.6) is 5.75 Å². The van der Waals surface area contributed by atoms with E-state index in [1.165, 1.54) is 19.3 Å². The predicted octanol–water partition coefficient (Wildman–Crippen LogP) is 3.99. The molecule has 3 heterocycles. The largest absolute Gasteiger partial charge is 0.495 e. The summed E-state index contributed by atoms with van der Waals surface area (Å²) >= 11 is 6.39. The second-order valence-corrected chi connectivity index (χ2v) is 8.93. The van der Waals surface area contributed by atoms with E-state index >= 15 is 0 Å². The molecule has 170 valence electrons. The molecule has 0 radical (unpaired) electrons. The maximum absolute atomic E-state index is 13.6. The Balaban J connectivity index is 1.58. The summed E-state index contributed by atoms with van der Waals surface area (Å²) in [5.74, 6) is 2.74. The fourth-order valence-electron chi connectivity index (χ4n) is 4.89. The van der Waals surface area contributed by atoms with Crippen molar-refractivity contribution in [2.45, 2.75) is 51.6 Å². The van der Waals surface area contributed by atoms with E-state index in [0.717, 1.165) is 30.9 Å². The molecule has 0 atom stereocenters. The highest BCUT2D eigenvalue weighted by atomic mass is 35.5. The number of halogens is 1. The highest BCUT2D eigenvalue weighted by Crippen LogP contribution is 2.35. The number of carbonyl (C=O) groups excluding carboxylic acids is 1. The fraction of sp³-hybridized carbons (Fsp3) is 0.522. The van der Waals surface area contributed by atoms with Crippen LogP contribution in [0.25, 0.3) is 0 Å². The van der Waals surface area contributed by atoms with Gasteiger partial charge in [-0.05, 0) is 37.5 Å². The van der Waals surface area contributed by atoms with Gasteiger partial charge in [0.15, 0.2) is 11.5 Å². The molecule has 0 spiro atoms. The first-order valence-electron chi connectivity index (χ1n) is 11.4. The molecule has 5 rings (SSSR count). The number of aliphatic imine (C=N–C) groups is 1. The number of anilines is 2. The number of guanidine groups is 1. The van der Waals surface area contributed by atoms with Gasteiger partial charge in [-0.15, -0.1) is 0 Å². The molecule has 0 unspecified atom stereocenters. The van der Waals surface area contributed by atoms with Crippen molar-refractivity contribution in [3.8, 4) is 5.75 Å². The molecule has 0 bridgehead atoms. The summed E-state index contributed by atoms with van der Waals surface area (Å²) in [5.41, 5.74) is 1.59. The minimum absolute atomic E-state index is 0.0526. The summed E-state index contributed by atoms with van der Waals surface area (Å²) in [6.07, 6.45) is 5.97. The third-order valence-electron chi connectivity index (χ3n) is 6.52. The number of ether oxygens (including phenoxy) is 1. The number of carbonyl (C=O) groups is 1. The molecule has 8 nitrogen and oxygen atoms in total. The molecule has 2 aromatic rings. The SMILES string of the molecule is CCN1C(=O)c2c(nc(NC3CCCCC3)n2Cc2ccc(OC)c(Cl)c2)N2CCN=C12. The normalized spacial score (nSPS) is 18.5. The Hall–Kier alpha value is -2.74. The van der Waals surface area contributed by atoms with Crippen molar-refractivity contribution < 1.29 is 9.53 Å². The molecular formula is C23H29ClN6O2. The lowest BCUT2D eigenvalue weighted by Crippen LogP contribution is -2.50. The van der Waals surface area contributed by atoms with Gasteiger partial charge in [-0.3, -0.25) is 24.2 Å². The number of methoxy groups -OCH3 is 1. The Morgan fingerprint density at radius 3 is 2.78 bits per heavy atom. The summed E-state index contributed by atoms with van der Waals surface area (Å²) in [5, 5.41) is 4.21. The van der Waals surface area contributed by atoms with Crippen LogP contribution in [0.4, 0.5) is 11.8 Å². The Bertz CT molecular complexity index is 1060. The molecule has 0 saturated heterocycles. The van der Waals surface area contributed by atoms with Crippen LogP contribution in [0, 0.1) is 0 Å². The smallest absolute Gasteiger partial charge is 0.281 e. The van der Waals surface area contributed by atoms with Gasteiger partial charge in [0.1, 0.15) is 5.75 Å². The van der Waals surface area contributed by atoms with Crippen LogP contribution in [-0.4, -0.2) is 59.1 Å². The fourth-order valence-corrected chi connectivity index (χ4v) is 5.17. The molecule has 1 amide bonds. The van der Waals surface area contributed by atoms with Gasteiger partial charge >= 0.3 is 0 Å². The predicted molar refractivity (Wildman–Crippen MR) is 126 cm³/mol. The van der Waals surface area contributed by atoms with E-state index in [9.17, 15) is 4.79 Å². The van der Waals surface area contributed by atoms with E-state index in [-0.39, 0.29) is 5.91 Å². The van der Waals surface area contributed by atoms with Gasteiger partial charge in [0, 0.05) is 19.1 Å². The van der Waals surface area contributed by atoms with E-state index in [1.807, 2.05) is 29.7 Å². The minimum Gasteiger partial charge on any atom is -0.495 e. The highest BCUT2D eigenvalue weighted by molar-refractivity contribution is 6.32. The molecule has 1 aromatic carbocycles. The molecule has 9 heteroatoms. The van der Waals surface area contributed by atoms with Gasteiger partial charge in [0.05, 0.1) is 25.2 Å². The van der Waals surface area contributed by atoms with Crippen molar-refractivity contribution in [1.29, 1.82) is 0 Å². The van der Waals surface area contributed by atoms with Gasteiger partial charge < -0.3 is 10.1 Å². The summed E-state index contributed by atoms with van der Waals surface area (Å²) in [6, 6.07) is 6.11. The summed E-state index contributed by atoms with van der Waals surface area (Å²) in [6.45, 7) is 4.45. The number of aromatic nitrogens is 2. The van der Waals surface area contributed by atoms with E-state index in [4.69, 9.17) is 21.3 Å². The number of nitrogens with one attached hydrogen (secondary N) is 1. The monoisotopic (exact) mass is 456 g/mol. The van der Waals surface area contributed by atoms with Crippen molar-refractivity contribution in [3.63, 3.8) is 0 Å². The number of amides is 1. The van der Waals surface area contributed by atoms with Crippen LogP contribution >= 0.6 is 11.6 Å². The second kappa shape index (κ2) is 8.65. The van der Waals surface area contributed by atoms with E-state index in [0.29, 0.717) is 53.9 Å². The number of hydrogen-bond donors (Lipinski definition) is 1. The van der Waals surface area contributed by atoms with E-state index in [1.54, 1.807) is 12.0 Å². The Labute approximate surface area is 193 Å². The lowest BCUT2D eigenvalue weighted by Gasteiger charge is -2.32. The van der Waals surface area contributed by atoms with Crippen LogP contribution in [0.2, 0.25) is 5.02 Å². The van der Waals surface area contributed by atoms with E-state index in [2.05, 4.69) is 15.2 Å². The van der Waals surface area contributed by atoms with Crippen molar-refractivity contribution in [2.24, 2.45) is 4.99 Å². The molecule has 1 aliphatic carbocycles. The highest BCUT2D eigenvalue weighted by Gasteiger charge is 2.41. The van der Waals surface area contributed by atoms with Crippen molar-refractivity contribution in [2.75, 3.05) is 37.0 Å². The maximum atomic E-state index is 13.6. The lowest BCUT2D eigenvalue weighted by atomic mass is 9.96. The van der Waals surface area contributed by atoms with Gasteiger partial charge in [0.2, 0.25) is 11.9 Å². The summed E-state index contributed by atoms with van der Waals surface area (Å²) < 4.78 is 7.31. The molecular weight excluding hydrogens is 428 g/mol. The van der Waals surface area contributed by atoms with Crippen LogP contribution in [-0.2, 0) is 6.54 Å². The van der Waals surface area contributed by atoms with E-state index < -0.39 is 0 Å². The van der Waals surface area contributed by atoms with Gasteiger partial charge in [0.25, 0.3) is 5.91 Å². The number of benzene rings is 1. The zero-order valence-corrected chi connectivity index (χ0v) is 19.4. The van der Waals surface area contributed by atoms with Gasteiger partial charge in [-0.1, -0.05) is 36.9 Å². The average Bonchev–Trinajstić information content (AvgIpc) is 3.41. The van der Waals surface area contributed by atoms with Crippen LogP contribution < -0.4 is 15.0 Å². The van der Waals surface area contributed by atoms with Crippen LogP contribution in [0.1, 0.15) is 55.1 Å². The minimum atomic E-state index is -0.0526. The quantitative estimate of drug-likeness (QED) is 0.711. The number of nitrogens with zero attached hydrogens (tertiary/aromatic N) is 5. The standard InChI is InChI=1S/C23H29ClN6O2/c1-3-28-21(31)19-20(29-12-11-25-23(28)29)27-22(26-16-7-5-4-6-8-16)30(19)14-15-9-10-18(32-2)17(24)13-15/h9-10,13,16H,3-8,11-12,14H2,1-2H3,(H,26,27). The lowest BCUT2D eigenvalue weighted by molar-refractivity contribution is 0.0836. The van der Waals surface area contributed by atoms with Crippen LogP contribution in [0.15, 0.2) is 23.2 Å². The summed E-state index contributed by atoms with van der Waals surface area (Å²) in [4.78, 5) is 26.9. The van der Waals surface area contributed by atoms with Crippen molar-refractivity contribution in [3.05, 3.63) is 34.5 Å². The molecule has 1 fully saturated rings. The molecule has 2 aliphatic heterocycles. The zero-order chi connectivity index (χ0) is 22.2. The molecule has 1 saturated carbocycles. The summed E-state index contributed by atoms with van der Waals surface area (Å²) in [7, 11) is 1.60. The first-order valence-corrected chi connectivity index (χ1v) is 11.8.